The van der Waals surface area contributed by atoms with Gasteiger partial charge in [-0.3, -0.25) is 9.59 Å². The molecule has 2 heterocycles. The lowest BCUT2D eigenvalue weighted by Gasteiger charge is -2.17. The first-order chi connectivity index (χ1) is 16.3. The molecule has 4 rings (SSSR count). The Morgan fingerprint density at radius 1 is 1.09 bits per heavy atom. The van der Waals surface area contributed by atoms with Crippen LogP contribution in [0.4, 0.5) is 5.69 Å². The van der Waals surface area contributed by atoms with E-state index in [1.807, 2.05) is 42.6 Å². The number of amides is 2. The fraction of sp³-hybridized carbons (Fsp3) is 0.192. The van der Waals surface area contributed by atoms with E-state index in [1.54, 1.807) is 46.5 Å². The van der Waals surface area contributed by atoms with Gasteiger partial charge in [-0.05, 0) is 36.8 Å². The first-order valence-electron chi connectivity index (χ1n) is 10.8. The molecule has 0 fully saturated rings. The topological polar surface area (TPSA) is 113 Å². The molecule has 0 radical (unpaired) electrons. The van der Waals surface area contributed by atoms with Crippen LogP contribution in [0.5, 0.6) is 5.75 Å². The average Bonchev–Trinajstić information content (AvgIpc) is 3.26. The number of methoxy groups -OCH3 is 1. The summed E-state index contributed by atoms with van der Waals surface area (Å²) in [5.74, 6) is 0.173. The number of benzene rings is 2. The first-order valence-corrected chi connectivity index (χ1v) is 10.8. The van der Waals surface area contributed by atoms with Gasteiger partial charge in [-0.25, -0.2) is 4.98 Å². The molecule has 4 aromatic rings. The average molecular weight is 494 g/mol. The summed E-state index contributed by atoms with van der Waals surface area (Å²) in [6, 6.07) is 14.5. The Kier molecular flexibility index (Phi) is 7.78. The Bertz CT molecular complexity index is 1380. The molecular formula is C26H28ClN5O3. The van der Waals surface area contributed by atoms with E-state index in [9.17, 15) is 9.59 Å². The van der Waals surface area contributed by atoms with Gasteiger partial charge in [0.05, 0.1) is 24.4 Å². The maximum absolute atomic E-state index is 12.9. The van der Waals surface area contributed by atoms with Crippen LogP contribution in [0.1, 0.15) is 17.3 Å². The van der Waals surface area contributed by atoms with Crippen molar-refractivity contribution in [3.63, 3.8) is 0 Å². The summed E-state index contributed by atoms with van der Waals surface area (Å²) in [4.78, 5) is 34.3. The van der Waals surface area contributed by atoms with Crippen molar-refractivity contribution in [2.24, 2.45) is 5.73 Å². The van der Waals surface area contributed by atoms with Gasteiger partial charge in [0.2, 0.25) is 5.91 Å². The van der Waals surface area contributed by atoms with Crippen LogP contribution < -0.4 is 15.8 Å². The van der Waals surface area contributed by atoms with Crippen LogP contribution in [0.2, 0.25) is 0 Å². The zero-order valence-corrected chi connectivity index (χ0v) is 20.8. The highest BCUT2D eigenvalue weighted by Gasteiger charge is 2.19. The molecule has 1 unspecified atom stereocenters. The van der Waals surface area contributed by atoms with Crippen LogP contribution in [0.25, 0.3) is 33.3 Å². The van der Waals surface area contributed by atoms with Crippen LogP contribution in [-0.2, 0) is 4.79 Å². The number of hydrogen-bond donors (Lipinski definition) is 3. The normalized spacial score (nSPS) is 11.5. The molecule has 0 aliphatic carbocycles. The summed E-state index contributed by atoms with van der Waals surface area (Å²) < 4.78 is 5.54. The number of halogens is 1. The molecule has 1 atom stereocenters. The number of pyridine rings is 1. The number of aromatic amines is 1. The predicted molar refractivity (Wildman–Crippen MR) is 141 cm³/mol. The van der Waals surface area contributed by atoms with Gasteiger partial charge in [0, 0.05) is 48.6 Å². The summed E-state index contributed by atoms with van der Waals surface area (Å²) in [6.07, 6.45) is 3.66. The highest BCUT2D eigenvalue weighted by molar-refractivity contribution is 6.06. The number of rotatable bonds is 6. The van der Waals surface area contributed by atoms with Gasteiger partial charge in [-0.2, -0.15) is 0 Å². The third-order valence-corrected chi connectivity index (χ3v) is 5.59. The number of nitrogens with one attached hydrogen (secondary N) is 2. The van der Waals surface area contributed by atoms with Crippen molar-refractivity contribution in [3.8, 4) is 28.0 Å². The standard InChI is InChI=1S/C26H27N5O3.ClH/c1-15(27)25(32)30-22-10-9-16(11-20(22)26(33)31(2)3)17-12-19-21(14-29-24(19)28-13-17)18-7-5-6-8-23(18)34-4;/h5-15H,27H2,1-4H3,(H,28,29)(H,30,32);1H. The minimum absolute atomic E-state index is 0. The van der Waals surface area contributed by atoms with Gasteiger partial charge in [0.25, 0.3) is 5.91 Å². The van der Waals surface area contributed by atoms with E-state index < -0.39 is 6.04 Å². The van der Waals surface area contributed by atoms with E-state index in [0.717, 1.165) is 39.0 Å². The number of fused-ring (bicyclic) bond motifs is 1. The Morgan fingerprint density at radius 2 is 1.83 bits per heavy atom. The van der Waals surface area contributed by atoms with Crippen molar-refractivity contribution >= 4 is 40.9 Å². The van der Waals surface area contributed by atoms with E-state index in [4.69, 9.17) is 10.5 Å². The minimum atomic E-state index is -0.699. The lowest BCUT2D eigenvalue weighted by Crippen LogP contribution is -2.33. The zero-order chi connectivity index (χ0) is 24.4. The molecule has 2 aromatic carbocycles. The Morgan fingerprint density at radius 3 is 2.51 bits per heavy atom. The third-order valence-electron chi connectivity index (χ3n) is 5.59. The van der Waals surface area contributed by atoms with Crippen LogP contribution in [0, 0.1) is 0 Å². The molecular weight excluding hydrogens is 466 g/mol. The molecule has 0 spiro atoms. The molecule has 0 aliphatic heterocycles. The summed E-state index contributed by atoms with van der Waals surface area (Å²) in [6.45, 7) is 1.59. The quantitative estimate of drug-likeness (QED) is 0.370. The number of carbonyl (C=O) groups excluding carboxylic acids is 2. The maximum Gasteiger partial charge on any atom is 0.255 e. The summed E-state index contributed by atoms with van der Waals surface area (Å²) in [5, 5.41) is 3.67. The second-order valence-electron chi connectivity index (χ2n) is 8.26. The Hall–Kier alpha value is -3.88. The van der Waals surface area contributed by atoms with E-state index in [2.05, 4.69) is 15.3 Å². The molecule has 0 saturated carbocycles. The summed E-state index contributed by atoms with van der Waals surface area (Å²) in [5.41, 5.74) is 10.8. The fourth-order valence-corrected chi connectivity index (χ4v) is 3.75. The van der Waals surface area contributed by atoms with Gasteiger partial charge in [-0.15, -0.1) is 12.4 Å². The van der Waals surface area contributed by atoms with Gasteiger partial charge >= 0.3 is 0 Å². The number of anilines is 1. The van der Waals surface area contributed by atoms with Crippen molar-refractivity contribution in [2.75, 3.05) is 26.5 Å². The highest BCUT2D eigenvalue weighted by Crippen LogP contribution is 2.36. The molecule has 0 saturated heterocycles. The van der Waals surface area contributed by atoms with Crippen molar-refractivity contribution < 1.29 is 14.3 Å². The van der Waals surface area contributed by atoms with Crippen LogP contribution in [0.3, 0.4) is 0 Å². The monoisotopic (exact) mass is 493 g/mol. The first kappa shape index (κ1) is 25.7. The maximum atomic E-state index is 12.9. The molecule has 182 valence electrons. The fourth-order valence-electron chi connectivity index (χ4n) is 3.75. The van der Waals surface area contributed by atoms with Crippen molar-refractivity contribution in [1.29, 1.82) is 0 Å². The van der Waals surface area contributed by atoms with Gasteiger partial charge in [0.15, 0.2) is 0 Å². The lowest BCUT2D eigenvalue weighted by molar-refractivity contribution is -0.117. The molecule has 0 bridgehead atoms. The van der Waals surface area contributed by atoms with E-state index in [-0.39, 0.29) is 24.2 Å². The number of aromatic nitrogens is 2. The van der Waals surface area contributed by atoms with Crippen molar-refractivity contribution in [3.05, 3.63) is 66.5 Å². The SMILES string of the molecule is COc1ccccc1-c1c[nH]c2ncc(-c3ccc(NC(=O)C(C)N)c(C(=O)N(C)C)c3)cc12.Cl. The number of H-pyrrole nitrogens is 1. The molecule has 2 aromatic heterocycles. The third kappa shape index (κ3) is 5.13. The summed E-state index contributed by atoms with van der Waals surface area (Å²) in [7, 11) is 4.98. The number of carbonyl (C=O) groups is 2. The van der Waals surface area contributed by atoms with E-state index >= 15 is 0 Å². The van der Waals surface area contributed by atoms with Crippen molar-refractivity contribution in [2.45, 2.75) is 13.0 Å². The largest absolute Gasteiger partial charge is 0.496 e. The molecule has 2 amide bonds. The van der Waals surface area contributed by atoms with Crippen LogP contribution in [-0.4, -0.2) is 53.9 Å². The highest BCUT2D eigenvalue weighted by atomic mass is 35.5. The second-order valence-corrected chi connectivity index (χ2v) is 8.26. The number of ether oxygens (including phenoxy) is 1. The van der Waals surface area contributed by atoms with E-state index in [1.165, 1.54) is 4.90 Å². The Balaban J connectivity index is 0.00000342. The second kappa shape index (κ2) is 10.6. The number of nitrogens with zero attached hydrogens (tertiary/aromatic N) is 2. The number of hydrogen-bond acceptors (Lipinski definition) is 5. The molecule has 8 nitrogen and oxygen atoms in total. The van der Waals surface area contributed by atoms with Crippen molar-refractivity contribution in [1.82, 2.24) is 14.9 Å². The van der Waals surface area contributed by atoms with Gasteiger partial charge < -0.3 is 25.7 Å². The van der Waals surface area contributed by atoms with E-state index in [0.29, 0.717) is 11.3 Å². The lowest BCUT2D eigenvalue weighted by atomic mass is 9.99. The van der Waals surface area contributed by atoms with Gasteiger partial charge in [0.1, 0.15) is 11.4 Å². The van der Waals surface area contributed by atoms with Crippen LogP contribution >= 0.6 is 12.4 Å². The molecule has 4 N–H and O–H groups in total. The number of nitrogens with two attached hydrogens (primary N) is 1. The zero-order valence-electron chi connectivity index (χ0n) is 20.0. The van der Waals surface area contributed by atoms with Crippen LogP contribution in [0.15, 0.2) is 60.9 Å². The minimum Gasteiger partial charge on any atom is -0.496 e. The number of para-hydroxylation sites is 1. The Labute approximate surface area is 209 Å². The predicted octanol–water partition coefficient (Wildman–Crippen LogP) is 4.31. The molecule has 0 aliphatic rings. The van der Waals surface area contributed by atoms with Gasteiger partial charge in [-0.1, -0.05) is 24.3 Å². The molecule has 9 heteroatoms. The summed E-state index contributed by atoms with van der Waals surface area (Å²) >= 11 is 0. The smallest absolute Gasteiger partial charge is 0.255 e. The molecule has 35 heavy (non-hydrogen) atoms.